The Morgan fingerprint density at radius 1 is 1.09 bits per heavy atom. The van der Waals surface area contributed by atoms with Crippen LogP contribution in [-0.4, -0.2) is 32.1 Å². The van der Waals surface area contributed by atoms with Gasteiger partial charge >= 0.3 is 5.97 Å². The maximum atomic E-state index is 12.3. The Hall–Kier alpha value is -2.82. The topological polar surface area (TPSA) is 55.8 Å². The van der Waals surface area contributed by atoms with Gasteiger partial charge in [0.2, 0.25) is 0 Å². The zero-order valence-corrected chi connectivity index (χ0v) is 12.8. The fraction of sp³-hybridized carbons (Fsp3) is 0.222. The molecule has 0 N–H and O–H groups in total. The van der Waals surface area contributed by atoms with Crippen molar-refractivity contribution in [2.45, 2.75) is 6.42 Å². The lowest BCUT2D eigenvalue weighted by Gasteiger charge is -2.17. The van der Waals surface area contributed by atoms with Crippen LogP contribution < -0.4 is 9.64 Å². The number of carbonyl (C=O) groups excluding carboxylic acids is 2. The van der Waals surface area contributed by atoms with E-state index in [1.807, 2.05) is 24.3 Å². The van der Waals surface area contributed by atoms with Crippen molar-refractivity contribution < 1.29 is 19.1 Å². The van der Waals surface area contributed by atoms with Crippen molar-refractivity contribution in [3.63, 3.8) is 0 Å². The maximum Gasteiger partial charge on any atom is 0.337 e. The predicted molar refractivity (Wildman–Crippen MR) is 85.8 cm³/mol. The van der Waals surface area contributed by atoms with Crippen LogP contribution in [0.4, 0.5) is 5.69 Å². The summed E-state index contributed by atoms with van der Waals surface area (Å²) in [5.74, 6) is 0.0618. The van der Waals surface area contributed by atoms with E-state index in [0.717, 1.165) is 12.1 Å². The van der Waals surface area contributed by atoms with Gasteiger partial charge in [0.15, 0.2) is 6.61 Å². The standard InChI is InChI=1S/C18H17NO4/c1-22-18(21)14-6-8-15(9-7-14)23-12-17(20)19-11-10-13-4-2-3-5-16(13)19/h2-9H,10-12H2,1H3. The van der Waals surface area contributed by atoms with Gasteiger partial charge in [-0.3, -0.25) is 4.79 Å². The van der Waals surface area contributed by atoms with Crippen molar-refractivity contribution >= 4 is 17.6 Å². The van der Waals surface area contributed by atoms with Gasteiger partial charge in [-0.2, -0.15) is 0 Å². The molecule has 0 atom stereocenters. The second-order valence-electron chi connectivity index (χ2n) is 5.23. The quantitative estimate of drug-likeness (QED) is 0.814. The van der Waals surface area contributed by atoms with E-state index in [-0.39, 0.29) is 12.5 Å². The molecule has 23 heavy (non-hydrogen) atoms. The van der Waals surface area contributed by atoms with Gasteiger partial charge < -0.3 is 14.4 Å². The summed E-state index contributed by atoms with van der Waals surface area (Å²) in [6, 6.07) is 14.4. The minimum absolute atomic E-state index is 0.0358. The van der Waals surface area contributed by atoms with E-state index in [4.69, 9.17) is 4.74 Å². The van der Waals surface area contributed by atoms with Crippen LogP contribution in [0.25, 0.3) is 0 Å². The Morgan fingerprint density at radius 3 is 2.57 bits per heavy atom. The van der Waals surface area contributed by atoms with E-state index in [0.29, 0.717) is 17.9 Å². The smallest absolute Gasteiger partial charge is 0.337 e. The molecule has 0 radical (unpaired) electrons. The van der Waals surface area contributed by atoms with E-state index in [1.165, 1.54) is 12.7 Å². The fourth-order valence-corrected chi connectivity index (χ4v) is 2.63. The number of hydrogen-bond donors (Lipinski definition) is 0. The number of nitrogens with zero attached hydrogens (tertiary/aromatic N) is 1. The largest absolute Gasteiger partial charge is 0.484 e. The first kappa shape index (κ1) is 15.1. The molecule has 0 spiro atoms. The molecule has 3 rings (SSSR count). The molecule has 0 bridgehead atoms. The Bertz CT molecular complexity index is 724. The summed E-state index contributed by atoms with van der Waals surface area (Å²) in [6.45, 7) is 0.648. The third-order valence-corrected chi connectivity index (χ3v) is 3.83. The fourth-order valence-electron chi connectivity index (χ4n) is 2.63. The molecule has 0 aromatic heterocycles. The molecule has 1 heterocycles. The number of fused-ring (bicyclic) bond motifs is 1. The SMILES string of the molecule is COC(=O)c1ccc(OCC(=O)N2CCc3ccccc32)cc1. The Balaban J connectivity index is 1.61. The first-order chi connectivity index (χ1) is 11.2. The van der Waals surface area contributed by atoms with Gasteiger partial charge in [-0.15, -0.1) is 0 Å². The minimum atomic E-state index is -0.402. The summed E-state index contributed by atoms with van der Waals surface area (Å²) in [4.78, 5) is 25.4. The highest BCUT2D eigenvalue weighted by Crippen LogP contribution is 2.27. The summed E-state index contributed by atoms with van der Waals surface area (Å²) in [6.07, 6.45) is 0.871. The monoisotopic (exact) mass is 311 g/mol. The molecule has 2 aromatic carbocycles. The van der Waals surface area contributed by atoms with Crippen LogP contribution in [0.5, 0.6) is 5.75 Å². The van der Waals surface area contributed by atoms with Crippen LogP contribution in [-0.2, 0) is 16.0 Å². The van der Waals surface area contributed by atoms with Gasteiger partial charge in [0.05, 0.1) is 12.7 Å². The molecule has 5 heteroatoms. The lowest BCUT2D eigenvalue weighted by molar-refractivity contribution is -0.120. The van der Waals surface area contributed by atoms with Crippen LogP contribution in [0.15, 0.2) is 48.5 Å². The van der Waals surface area contributed by atoms with E-state index in [2.05, 4.69) is 4.74 Å². The van der Waals surface area contributed by atoms with E-state index < -0.39 is 5.97 Å². The molecule has 0 aliphatic carbocycles. The maximum absolute atomic E-state index is 12.3. The van der Waals surface area contributed by atoms with Gasteiger partial charge in [-0.25, -0.2) is 4.79 Å². The highest BCUT2D eigenvalue weighted by atomic mass is 16.5. The average Bonchev–Trinajstić information content (AvgIpc) is 3.03. The van der Waals surface area contributed by atoms with Gasteiger partial charge in [-0.05, 0) is 42.3 Å². The van der Waals surface area contributed by atoms with Crippen molar-refractivity contribution in [2.75, 3.05) is 25.2 Å². The third-order valence-electron chi connectivity index (χ3n) is 3.83. The molecule has 5 nitrogen and oxygen atoms in total. The van der Waals surface area contributed by atoms with Gasteiger partial charge in [-0.1, -0.05) is 18.2 Å². The molecule has 118 valence electrons. The number of ether oxygens (including phenoxy) is 2. The first-order valence-corrected chi connectivity index (χ1v) is 7.38. The van der Waals surface area contributed by atoms with Gasteiger partial charge in [0.1, 0.15) is 5.75 Å². The number of anilines is 1. The van der Waals surface area contributed by atoms with Crippen LogP contribution in [0.3, 0.4) is 0 Å². The number of rotatable bonds is 4. The van der Waals surface area contributed by atoms with Crippen LogP contribution in [0, 0.1) is 0 Å². The lowest BCUT2D eigenvalue weighted by Crippen LogP contribution is -2.33. The van der Waals surface area contributed by atoms with Crippen LogP contribution in [0.1, 0.15) is 15.9 Å². The normalized spacial score (nSPS) is 12.7. The summed E-state index contributed by atoms with van der Waals surface area (Å²) in [7, 11) is 1.33. The van der Waals surface area contributed by atoms with Crippen molar-refractivity contribution in [1.29, 1.82) is 0 Å². The summed E-state index contributed by atoms with van der Waals surface area (Å²) in [5.41, 5.74) is 2.59. The van der Waals surface area contributed by atoms with Gasteiger partial charge in [0.25, 0.3) is 5.91 Å². The zero-order valence-electron chi connectivity index (χ0n) is 12.8. The van der Waals surface area contributed by atoms with Crippen molar-refractivity contribution in [1.82, 2.24) is 0 Å². The molecule has 0 saturated carbocycles. The predicted octanol–water partition coefficient (Wildman–Crippen LogP) is 2.44. The highest BCUT2D eigenvalue weighted by Gasteiger charge is 2.24. The van der Waals surface area contributed by atoms with E-state index in [1.54, 1.807) is 29.2 Å². The number of benzene rings is 2. The molecule has 0 unspecified atom stereocenters. The van der Waals surface area contributed by atoms with Gasteiger partial charge in [0, 0.05) is 12.2 Å². The Kier molecular flexibility index (Phi) is 4.28. The molecule has 1 aliphatic rings. The Morgan fingerprint density at radius 2 is 1.83 bits per heavy atom. The zero-order chi connectivity index (χ0) is 16.2. The summed E-state index contributed by atoms with van der Waals surface area (Å²) < 4.78 is 10.2. The minimum Gasteiger partial charge on any atom is -0.484 e. The number of amides is 1. The number of para-hydroxylation sites is 1. The highest BCUT2D eigenvalue weighted by molar-refractivity contribution is 5.96. The summed E-state index contributed by atoms with van der Waals surface area (Å²) >= 11 is 0. The van der Waals surface area contributed by atoms with Crippen molar-refractivity contribution in [3.05, 3.63) is 59.7 Å². The average molecular weight is 311 g/mol. The molecule has 1 aliphatic heterocycles. The van der Waals surface area contributed by atoms with Crippen LogP contribution in [0.2, 0.25) is 0 Å². The second-order valence-corrected chi connectivity index (χ2v) is 5.23. The van der Waals surface area contributed by atoms with Crippen LogP contribution >= 0.6 is 0 Å². The molecule has 0 saturated heterocycles. The number of esters is 1. The van der Waals surface area contributed by atoms with Crippen molar-refractivity contribution in [2.24, 2.45) is 0 Å². The molecule has 2 aromatic rings. The number of hydrogen-bond acceptors (Lipinski definition) is 4. The van der Waals surface area contributed by atoms with E-state index >= 15 is 0 Å². The third kappa shape index (κ3) is 3.18. The molecular formula is C18H17NO4. The molecular weight excluding hydrogens is 294 g/mol. The first-order valence-electron chi connectivity index (χ1n) is 7.38. The van der Waals surface area contributed by atoms with E-state index in [9.17, 15) is 9.59 Å². The lowest BCUT2D eigenvalue weighted by atomic mass is 10.2. The second kappa shape index (κ2) is 6.52. The number of methoxy groups -OCH3 is 1. The molecule has 1 amide bonds. The Labute approximate surface area is 134 Å². The van der Waals surface area contributed by atoms with Crippen molar-refractivity contribution in [3.8, 4) is 5.75 Å². The summed E-state index contributed by atoms with van der Waals surface area (Å²) in [5, 5.41) is 0. The number of carbonyl (C=O) groups is 2. The molecule has 0 fully saturated rings.